The number of nitrogens with zero attached hydrogens (tertiary/aromatic N) is 2. The molecule has 1 aliphatic rings. The van der Waals surface area contributed by atoms with Crippen LogP contribution >= 0.6 is 15.9 Å². The molecule has 0 radical (unpaired) electrons. The van der Waals surface area contributed by atoms with E-state index in [1.165, 1.54) is 38.2 Å². The largest absolute Gasteiger partial charge is 0.311 e. The summed E-state index contributed by atoms with van der Waals surface area (Å²) in [6, 6.07) is 11.5. The first-order chi connectivity index (χ1) is 13.2. The van der Waals surface area contributed by atoms with Crippen molar-refractivity contribution in [3.63, 3.8) is 0 Å². The van der Waals surface area contributed by atoms with E-state index in [1.807, 2.05) is 18.2 Å². The number of benzene rings is 2. The van der Waals surface area contributed by atoms with E-state index in [2.05, 4.69) is 15.9 Å². The Hall–Kier alpha value is -2.03. The molecule has 0 atom stereocenters. The van der Waals surface area contributed by atoms with Crippen LogP contribution in [-0.4, -0.2) is 44.6 Å². The molecular formula is C20H21BrN2O4S. The molecule has 1 heterocycles. The van der Waals surface area contributed by atoms with Gasteiger partial charge in [0.15, 0.2) is 5.78 Å². The van der Waals surface area contributed by atoms with E-state index in [1.54, 1.807) is 4.90 Å². The van der Waals surface area contributed by atoms with E-state index < -0.39 is 10.0 Å². The number of hydrogen-bond acceptors (Lipinski definition) is 4. The van der Waals surface area contributed by atoms with E-state index in [4.69, 9.17) is 0 Å². The minimum absolute atomic E-state index is 0.0516. The van der Waals surface area contributed by atoms with Crippen molar-refractivity contribution in [2.45, 2.75) is 24.7 Å². The molecule has 28 heavy (non-hydrogen) atoms. The van der Waals surface area contributed by atoms with Gasteiger partial charge >= 0.3 is 0 Å². The van der Waals surface area contributed by atoms with Gasteiger partial charge in [0, 0.05) is 29.3 Å². The van der Waals surface area contributed by atoms with Crippen molar-refractivity contribution < 1.29 is 18.0 Å². The maximum atomic E-state index is 12.8. The van der Waals surface area contributed by atoms with Gasteiger partial charge in [-0.1, -0.05) is 28.1 Å². The van der Waals surface area contributed by atoms with Gasteiger partial charge in [-0.2, -0.15) is 4.31 Å². The lowest BCUT2D eigenvalue weighted by Gasteiger charge is -2.31. The Bertz CT molecular complexity index is 1020. The van der Waals surface area contributed by atoms with Crippen LogP contribution in [0.2, 0.25) is 0 Å². The first-order valence-electron chi connectivity index (χ1n) is 8.86. The molecule has 0 fully saturated rings. The molecular weight excluding hydrogens is 444 g/mol. The monoisotopic (exact) mass is 464 g/mol. The summed E-state index contributed by atoms with van der Waals surface area (Å²) in [5.41, 5.74) is 2.34. The van der Waals surface area contributed by atoms with E-state index in [0.29, 0.717) is 12.1 Å². The number of carbonyl (C=O) groups excluding carboxylic acids is 2. The SMILES string of the molecule is CC(=O)c1ccc(S(=O)(=O)N(C)CC(=O)N2CCCc3cc(Br)ccc32)cc1. The van der Waals surface area contributed by atoms with Gasteiger partial charge in [-0.05, 0) is 55.7 Å². The Morgan fingerprint density at radius 1 is 1.14 bits per heavy atom. The number of Topliss-reactive ketones (excluding diaryl/α,β-unsaturated/α-hetero) is 1. The highest BCUT2D eigenvalue weighted by molar-refractivity contribution is 9.10. The van der Waals surface area contributed by atoms with Crippen LogP contribution in [0.3, 0.4) is 0 Å². The zero-order chi connectivity index (χ0) is 20.5. The van der Waals surface area contributed by atoms with Crippen molar-refractivity contribution in [3.8, 4) is 0 Å². The second-order valence-electron chi connectivity index (χ2n) is 6.76. The van der Waals surface area contributed by atoms with Gasteiger partial charge in [0.1, 0.15) is 0 Å². The molecule has 0 aliphatic carbocycles. The minimum Gasteiger partial charge on any atom is -0.311 e. The fraction of sp³-hybridized carbons (Fsp3) is 0.300. The van der Waals surface area contributed by atoms with E-state index in [0.717, 1.165) is 32.9 Å². The number of rotatable bonds is 5. The van der Waals surface area contributed by atoms with Crippen LogP contribution < -0.4 is 4.90 Å². The first-order valence-corrected chi connectivity index (χ1v) is 11.1. The summed E-state index contributed by atoms with van der Waals surface area (Å²) < 4.78 is 27.6. The molecule has 2 aromatic carbocycles. The second-order valence-corrected chi connectivity index (χ2v) is 9.72. The highest BCUT2D eigenvalue weighted by atomic mass is 79.9. The molecule has 1 amide bonds. The second kappa shape index (κ2) is 8.14. The van der Waals surface area contributed by atoms with Crippen LogP contribution in [0.15, 0.2) is 51.8 Å². The van der Waals surface area contributed by atoms with Crippen molar-refractivity contribution in [1.82, 2.24) is 4.31 Å². The molecule has 148 valence electrons. The molecule has 0 aromatic heterocycles. The summed E-state index contributed by atoms with van der Waals surface area (Å²) in [5, 5.41) is 0. The summed E-state index contributed by atoms with van der Waals surface area (Å²) in [6.07, 6.45) is 1.72. The number of hydrogen-bond donors (Lipinski definition) is 0. The molecule has 3 rings (SSSR count). The number of aryl methyl sites for hydroxylation is 1. The van der Waals surface area contributed by atoms with Crippen LogP contribution in [0.5, 0.6) is 0 Å². The molecule has 0 bridgehead atoms. The Morgan fingerprint density at radius 2 is 1.82 bits per heavy atom. The van der Waals surface area contributed by atoms with E-state index in [-0.39, 0.29) is 23.1 Å². The molecule has 1 aliphatic heterocycles. The summed E-state index contributed by atoms with van der Waals surface area (Å²) in [4.78, 5) is 25.9. The molecule has 0 N–H and O–H groups in total. The smallest absolute Gasteiger partial charge is 0.243 e. The van der Waals surface area contributed by atoms with Crippen molar-refractivity contribution in [2.24, 2.45) is 0 Å². The van der Waals surface area contributed by atoms with Crippen LogP contribution in [-0.2, 0) is 21.2 Å². The Morgan fingerprint density at radius 3 is 2.46 bits per heavy atom. The number of carbonyl (C=O) groups is 2. The molecule has 0 saturated heterocycles. The predicted molar refractivity (Wildman–Crippen MR) is 111 cm³/mol. The number of likely N-dealkylation sites (N-methyl/N-ethyl adjacent to an activating group) is 1. The van der Waals surface area contributed by atoms with Crippen LogP contribution in [0.25, 0.3) is 0 Å². The Kier molecular flexibility index (Phi) is 6.02. The van der Waals surface area contributed by atoms with Gasteiger partial charge in [0.25, 0.3) is 0 Å². The number of sulfonamides is 1. The van der Waals surface area contributed by atoms with Gasteiger partial charge in [-0.15, -0.1) is 0 Å². The molecule has 6 nitrogen and oxygen atoms in total. The predicted octanol–water partition coefficient (Wildman–Crippen LogP) is 3.25. The quantitative estimate of drug-likeness (QED) is 0.636. The molecule has 2 aromatic rings. The average Bonchev–Trinajstić information content (AvgIpc) is 2.67. The Balaban J connectivity index is 1.78. The summed E-state index contributed by atoms with van der Waals surface area (Å²) in [6.45, 7) is 1.73. The highest BCUT2D eigenvalue weighted by Crippen LogP contribution is 2.30. The third-order valence-corrected chi connectivity index (χ3v) is 7.10. The maximum Gasteiger partial charge on any atom is 0.243 e. The number of anilines is 1. The third-order valence-electron chi connectivity index (χ3n) is 4.79. The van der Waals surface area contributed by atoms with Crippen molar-refractivity contribution in [2.75, 3.05) is 25.0 Å². The molecule has 8 heteroatoms. The average molecular weight is 465 g/mol. The topological polar surface area (TPSA) is 74.8 Å². The Labute approximate surface area is 173 Å². The van der Waals surface area contributed by atoms with Gasteiger partial charge in [-0.3, -0.25) is 9.59 Å². The fourth-order valence-corrected chi connectivity index (χ4v) is 4.76. The maximum absolute atomic E-state index is 12.8. The number of halogens is 1. The van der Waals surface area contributed by atoms with Crippen LogP contribution in [0, 0.1) is 0 Å². The lowest BCUT2D eigenvalue weighted by molar-refractivity contribution is -0.118. The minimum atomic E-state index is -3.83. The summed E-state index contributed by atoms with van der Waals surface area (Å²) in [5.74, 6) is -0.405. The number of fused-ring (bicyclic) bond motifs is 1. The third kappa shape index (κ3) is 4.19. The van der Waals surface area contributed by atoms with Crippen LogP contribution in [0.4, 0.5) is 5.69 Å². The number of ketones is 1. The summed E-state index contributed by atoms with van der Waals surface area (Å²) in [7, 11) is -2.44. The zero-order valence-electron chi connectivity index (χ0n) is 15.7. The van der Waals surface area contributed by atoms with Gasteiger partial charge < -0.3 is 4.90 Å². The normalized spacial score (nSPS) is 14.1. The molecule has 0 unspecified atom stereocenters. The van der Waals surface area contributed by atoms with Crippen molar-refractivity contribution in [3.05, 3.63) is 58.1 Å². The van der Waals surface area contributed by atoms with Gasteiger partial charge in [-0.25, -0.2) is 8.42 Å². The van der Waals surface area contributed by atoms with E-state index in [9.17, 15) is 18.0 Å². The highest BCUT2D eigenvalue weighted by Gasteiger charge is 2.28. The lowest BCUT2D eigenvalue weighted by Crippen LogP contribution is -2.43. The van der Waals surface area contributed by atoms with Crippen molar-refractivity contribution in [1.29, 1.82) is 0 Å². The zero-order valence-corrected chi connectivity index (χ0v) is 18.1. The standard InChI is InChI=1S/C20H21BrN2O4S/c1-14(24)15-5-8-18(9-6-15)28(26,27)22(2)13-20(25)23-11-3-4-16-12-17(21)7-10-19(16)23/h5-10,12H,3-4,11,13H2,1-2H3. The van der Waals surface area contributed by atoms with Gasteiger partial charge in [0.05, 0.1) is 11.4 Å². The fourth-order valence-electron chi connectivity index (χ4n) is 3.23. The summed E-state index contributed by atoms with van der Waals surface area (Å²) >= 11 is 3.44. The van der Waals surface area contributed by atoms with E-state index >= 15 is 0 Å². The molecule has 0 spiro atoms. The lowest BCUT2D eigenvalue weighted by atomic mass is 10.0. The van der Waals surface area contributed by atoms with Crippen molar-refractivity contribution >= 4 is 43.3 Å². The number of amides is 1. The van der Waals surface area contributed by atoms with Crippen LogP contribution in [0.1, 0.15) is 29.3 Å². The van der Waals surface area contributed by atoms with Gasteiger partial charge in [0.2, 0.25) is 15.9 Å². The first kappa shape index (κ1) is 20.7. The molecule has 0 saturated carbocycles.